The van der Waals surface area contributed by atoms with Crippen LogP contribution in [0, 0.1) is 13.8 Å². The molecule has 0 spiro atoms. The molecule has 0 aliphatic carbocycles. The van der Waals surface area contributed by atoms with Crippen molar-refractivity contribution in [2.24, 2.45) is 0 Å². The van der Waals surface area contributed by atoms with Gasteiger partial charge in [0.25, 0.3) is 0 Å². The third-order valence-corrected chi connectivity index (χ3v) is 3.49. The molecule has 112 valence electrons. The van der Waals surface area contributed by atoms with E-state index in [1.807, 2.05) is 24.8 Å². The normalized spacial score (nSPS) is 10.4. The molecular formula is C16H25ClN2O. The summed E-state index contributed by atoms with van der Waals surface area (Å²) in [6, 6.07) is 3.98. The van der Waals surface area contributed by atoms with Crippen LogP contribution in [0.2, 0.25) is 5.02 Å². The van der Waals surface area contributed by atoms with Crippen LogP contribution in [0.4, 0.5) is 5.69 Å². The number of aryl methyl sites for hydroxylation is 2. The molecule has 20 heavy (non-hydrogen) atoms. The number of benzene rings is 1. The van der Waals surface area contributed by atoms with Gasteiger partial charge in [0, 0.05) is 13.1 Å². The molecule has 1 amide bonds. The fourth-order valence-corrected chi connectivity index (χ4v) is 2.70. The second-order valence-corrected chi connectivity index (χ2v) is 5.58. The third kappa shape index (κ3) is 4.71. The van der Waals surface area contributed by atoms with E-state index >= 15 is 0 Å². The van der Waals surface area contributed by atoms with Gasteiger partial charge in [0.1, 0.15) is 0 Å². The van der Waals surface area contributed by atoms with Crippen LogP contribution in [0.5, 0.6) is 0 Å². The molecule has 0 radical (unpaired) electrons. The zero-order chi connectivity index (χ0) is 15.1. The minimum Gasteiger partial charge on any atom is -0.375 e. The molecule has 0 saturated heterocycles. The minimum atomic E-state index is 0.129. The third-order valence-electron chi connectivity index (χ3n) is 3.19. The molecule has 0 aliphatic heterocycles. The first-order valence-electron chi connectivity index (χ1n) is 7.28. The summed E-state index contributed by atoms with van der Waals surface area (Å²) in [4.78, 5) is 14.1. The fourth-order valence-electron chi connectivity index (χ4n) is 2.32. The summed E-state index contributed by atoms with van der Waals surface area (Å²) in [7, 11) is 0. The van der Waals surface area contributed by atoms with E-state index < -0.39 is 0 Å². The minimum absolute atomic E-state index is 0.129. The number of nitrogens with zero attached hydrogens (tertiary/aromatic N) is 1. The molecule has 0 aromatic heterocycles. The molecular weight excluding hydrogens is 272 g/mol. The molecule has 1 rings (SSSR count). The Hall–Kier alpha value is -1.22. The zero-order valence-corrected chi connectivity index (χ0v) is 13.7. The van der Waals surface area contributed by atoms with Gasteiger partial charge in [-0.3, -0.25) is 4.79 Å². The zero-order valence-electron chi connectivity index (χ0n) is 12.9. The summed E-state index contributed by atoms with van der Waals surface area (Å²) in [5.74, 6) is 0.129. The van der Waals surface area contributed by atoms with E-state index in [1.165, 1.54) is 0 Å². The molecule has 0 aliphatic rings. The van der Waals surface area contributed by atoms with E-state index in [4.69, 9.17) is 11.6 Å². The lowest BCUT2D eigenvalue weighted by Crippen LogP contribution is -2.36. The number of rotatable bonds is 7. The molecule has 0 unspecified atom stereocenters. The van der Waals surface area contributed by atoms with E-state index in [9.17, 15) is 4.79 Å². The highest BCUT2D eigenvalue weighted by Gasteiger charge is 2.13. The number of hydrogen-bond donors (Lipinski definition) is 1. The first-order chi connectivity index (χ1) is 9.49. The van der Waals surface area contributed by atoms with Gasteiger partial charge in [0.15, 0.2) is 0 Å². The van der Waals surface area contributed by atoms with Gasteiger partial charge >= 0.3 is 0 Å². The number of carbonyl (C=O) groups excluding carboxylic acids is 1. The van der Waals surface area contributed by atoms with E-state index in [1.54, 1.807) is 0 Å². The van der Waals surface area contributed by atoms with Gasteiger partial charge in [-0.15, -0.1) is 0 Å². The summed E-state index contributed by atoms with van der Waals surface area (Å²) >= 11 is 6.23. The van der Waals surface area contributed by atoms with Crippen LogP contribution < -0.4 is 5.32 Å². The summed E-state index contributed by atoms with van der Waals surface area (Å²) in [5.41, 5.74) is 3.06. The predicted octanol–water partition coefficient (Wildman–Crippen LogP) is 4.02. The maximum atomic E-state index is 12.2. The highest BCUT2D eigenvalue weighted by atomic mass is 35.5. The number of nitrogens with one attached hydrogen (secondary N) is 1. The molecule has 1 aromatic carbocycles. The Balaban J connectivity index is 2.68. The molecule has 0 saturated carbocycles. The highest BCUT2D eigenvalue weighted by molar-refractivity contribution is 6.33. The number of carbonyl (C=O) groups is 1. The first-order valence-corrected chi connectivity index (χ1v) is 7.65. The van der Waals surface area contributed by atoms with Crippen molar-refractivity contribution in [2.45, 2.75) is 40.5 Å². The summed E-state index contributed by atoms with van der Waals surface area (Å²) in [6.45, 7) is 10.1. The molecule has 4 heteroatoms. The lowest BCUT2D eigenvalue weighted by molar-refractivity contribution is -0.129. The Labute approximate surface area is 127 Å². The Morgan fingerprint density at radius 1 is 1.20 bits per heavy atom. The van der Waals surface area contributed by atoms with Crippen LogP contribution in [0.25, 0.3) is 0 Å². The van der Waals surface area contributed by atoms with Crippen molar-refractivity contribution in [3.05, 3.63) is 28.3 Å². The Morgan fingerprint density at radius 2 is 1.80 bits per heavy atom. The van der Waals surface area contributed by atoms with E-state index in [0.29, 0.717) is 11.6 Å². The van der Waals surface area contributed by atoms with E-state index in [-0.39, 0.29) is 5.91 Å². The van der Waals surface area contributed by atoms with Crippen LogP contribution in [0.3, 0.4) is 0 Å². The largest absolute Gasteiger partial charge is 0.375 e. The van der Waals surface area contributed by atoms with Crippen molar-refractivity contribution in [3.8, 4) is 0 Å². The van der Waals surface area contributed by atoms with Gasteiger partial charge in [-0.2, -0.15) is 0 Å². The van der Waals surface area contributed by atoms with Gasteiger partial charge < -0.3 is 10.2 Å². The van der Waals surface area contributed by atoms with Gasteiger partial charge in [-0.1, -0.05) is 31.5 Å². The average molecular weight is 297 g/mol. The maximum absolute atomic E-state index is 12.2. The molecule has 0 atom stereocenters. The number of halogens is 1. The molecule has 3 nitrogen and oxygen atoms in total. The standard InChI is InChI=1S/C16H25ClN2O/c1-5-7-19(8-6-2)15(20)11-18-16-13(4)9-12(3)10-14(16)17/h9-10,18H,5-8,11H2,1-4H3. The van der Waals surface area contributed by atoms with Gasteiger partial charge in [-0.05, 0) is 43.9 Å². The van der Waals surface area contributed by atoms with Crippen LogP contribution in [-0.2, 0) is 4.79 Å². The average Bonchev–Trinajstić information content (AvgIpc) is 2.37. The monoisotopic (exact) mass is 296 g/mol. The smallest absolute Gasteiger partial charge is 0.241 e. The van der Waals surface area contributed by atoms with Crippen molar-refractivity contribution >= 4 is 23.2 Å². The van der Waals surface area contributed by atoms with Crippen LogP contribution in [0.15, 0.2) is 12.1 Å². The highest BCUT2D eigenvalue weighted by Crippen LogP contribution is 2.27. The fraction of sp³-hybridized carbons (Fsp3) is 0.562. The quantitative estimate of drug-likeness (QED) is 0.824. The lowest BCUT2D eigenvalue weighted by Gasteiger charge is -2.22. The van der Waals surface area contributed by atoms with Gasteiger partial charge in [0.2, 0.25) is 5.91 Å². The predicted molar refractivity (Wildman–Crippen MR) is 86.6 cm³/mol. The van der Waals surface area contributed by atoms with Crippen molar-refractivity contribution in [3.63, 3.8) is 0 Å². The topological polar surface area (TPSA) is 32.3 Å². The maximum Gasteiger partial charge on any atom is 0.241 e. The molecule has 1 N–H and O–H groups in total. The second kappa shape index (κ2) is 8.15. The first kappa shape index (κ1) is 16.8. The van der Waals surface area contributed by atoms with Gasteiger partial charge in [-0.25, -0.2) is 0 Å². The van der Waals surface area contributed by atoms with Crippen molar-refractivity contribution < 1.29 is 4.79 Å². The molecule has 1 aromatic rings. The summed E-state index contributed by atoms with van der Waals surface area (Å²) in [6.07, 6.45) is 1.96. The summed E-state index contributed by atoms with van der Waals surface area (Å²) < 4.78 is 0. The van der Waals surface area contributed by atoms with Gasteiger partial charge in [0.05, 0.1) is 17.3 Å². The van der Waals surface area contributed by atoms with E-state index in [0.717, 1.165) is 42.7 Å². The van der Waals surface area contributed by atoms with E-state index in [2.05, 4.69) is 25.2 Å². The summed E-state index contributed by atoms with van der Waals surface area (Å²) in [5, 5.41) is 3.86. The SMILES string of the molecule is CCCN(CCC)C(=O)CNc1c(C)cc(C)cc1Cl. The lowest BCUT2D eigenvalue weighted by atomic mass is 10.1. The number of hydrogen-bond acceptors (Lipinski definition) is 2. The molecule has 0 heterocycles. The van der Waals surface area contributed by atoms with Crippen molar-refractivity contribution in [2.75, 3.05) is 25.0 Å². The van der Waals surface area contributed by atoms with Crippen LogP contribution >= 0.6 is 11.6 Å². The second-order valence-electron chi connectivity index (χ2n) is 5.17. The number of anilines is 1. The molecule has 0 fully saturated rings. The van der Waals surface area contributed by atoms with Crippen LogP contribution in [0.1, 0.15) is 37.8 Å². The van der Waals surface area contributed by atoms with Crippen molar-refractivity contribution in [1.82, 2.24) is 4.90 Å². The Bertz CT molecular complexity index is 431. The van der Waals surface area contributed by atoms with Crippen molar-refractivity contribution in [1.29, 1.82) is 0 Å². The molecule has 0 bridgehead atoms. The Kier molecular flexibility index (Phi) is 6.86. The van der Waals surface area contributed by atoms with Crippen LogP contribution in [-0.4, -0.2) is 30.4 Å². The number of amides is 1. The Morgan fingerprint density at radius 3 is 2.30 bits per heavy atom.